The standard InChI is InChI=1S/C34H35ClN2O3/c1-4-37(5-2)28-17-13-25(14-18-28)32-31(34(39)40-21-23-9-7-6-8-10-23)22(3)36-29-19-26(20-30(38)33(29)32)24-11-15-27(35)16-12-24/h6-18,26,32,36H,4-5,19-21H2,1-3H3. The van der Waals surface area contributed by atoms with Gasteiger partial charge in [-0.05, 0) is 74.1 Å². The van der Waals surface area contributed by atoms with Gasteiger partial charge in [-0.1, -0.05) is 66.2 Å². The van der Waals surface area contributed by atoms with Crippen LogP contribution in [0.4, 0.5) is 5.69 Å². The lowest BCUT2D eigenvalue weighted by Crippen LogP contribution is -2.36. The van der Waals surface area contributed by atoms with Gasteiger partial charge in [-0.3, -0.25) is 4.79 Å². The number of Topliss-reactive ketones (excluding diaryl/α,β-unsaturated/α-hetero) is 1. The molecule has 3 aromatic rings. The van der Waals surface area contributed by atoms with Gasteiger partial charge in [0.05, 0.1) is 5.57 Å². The summed E-state index contributed by atoms with van der Waals surface area (Å²) < 4.78 is 5.81. The van der Waals surface area contributed by atoms with E-state index in [2.05, 4.69) is 36.2 Å². The highest BCUT2D eigenvalue weighted by molar-refractivity contribution is 6.30. The second-order valence-electron chi connectivity index (χ2n) is 10.4. The molecule has 2 unspecified atom stereocenters. The molecular weight excluding hydrogens is 520 g/mol. The minimum atomic E-state index is -0.496. The van der Waals surface area contributed by atoms with E-state index in [1.807, 2.05) is 73.7 Å². The number of hydrogen-bond acceptors (Lipinski definition) is 5. The average Bonchev–Trinajstić information content (AvgIpc) is 2.97. The number of hydrogen-bond donors (Lipinski definition) is 1. The molecule has 0 aromatic heterocycles. The predicted molar refractivity (Wildman–Crippen MR) is 160 cm³/mol. The van der Waals surface area contributed by atoms with Crippen molar-refractivity contribution in [3.8, 4) is 0 Å². The normalized spacial score (nSPS) is 18.8. The summed E-state index contributed by atoms with van der Waals surface area (Å²) in [6.07, 6.45) is 1.06. The maximum atomic E-state index is 13.9. The number of ether oxygens (including phenoxy) is 1. The van der Waals surface area contributed by atoms with Crippen LogP contribution in [0.3, 0.4) is 0 Å². The lowest BCUT2D eigenvalue weighted by atomic mass is 9.71. The second-order valence-corrected chi connectivity index (χ2v) is 10.8. The molecule has 6 heteroatoms. The third-order valence-electron chi connectivity index (χ3n) is 7.96. The fourth-order valence-corrected chi connectivity index (χ4v) is 6.01. The monoisotopic (exact) mass is 554 g/mol. The Kier molecular flexibility index (Phi) is 8.41. The first kappa shape index (κ1) is 27.7. The van der Waals surface area contributed by atoms with Crippen molar-refractivity contribution in [1.29, 1.82) is 0 Å². The first-order chi connectivity index (χ1) is 19.4. The molecule has 1 aliphatic heterocycles. The van der Waals surface area contributed by atoms with Crippen LogP contribution < -0.4 is 10.2 Å². The van der Waals surface area contributed by atoms with Crippen molar-refractivity contribution in [1.82, 2.24) is 5.32 Å². The number of esters is 1. The third-order valence-corrected chi connectivity index (χ3v) is 8.21. The van der Waals surface area contributed by atoms with Gasteiger partial charge in [-0.25, -0.2) is 4.79 Å². The molecule has 1 aliphatic carbocycles. The highest BCUT2D eigenvalue weighted by Gasteiger charge is 2.41. The Morgan fingerprint density at radius 2 is 1.57 bits per heavy atom. The smallest absolute Gasteiger partial charge is 0.337 e. The zero-order valence-corrected chi connectivity index (χ0v) is 24.0. The number of anilines is 1. The fraction of sp³-hybridized carbons (Fsp3) is 0.294. The highest BCUT2D eigenvalue weighted by atomic mass is 35.5. The molecule has 40 heavy (non-hydrogen) atoms. The molecule has 206 valence electrons. The van der Waals surface area contributed by atoms with Crippen LogP contribution in [0, 0.1) is 0 Å². The maximum absolute atomic E-state index is 13.9. The van der Waals surface area contributed by atoms with E-state index < -0.39 is 11.9 Å². The van der Waals surface area contributed by atoms with E-state index in [9.17, 15) is 9.59 Å². The molecule has 0 fully saturated rings. The molecule has 2 aliphatic rings. The van der Waals surface area contributed by atoms with Crippen molar-refractivity contribution in [3.05, 3.63) is 123 Å². The summed E-state index contributed by atoms with van der Waals surface area (Å²) in [5, 5.41) is 4.11. The Balaban J connectivity index is 1.51. The van der Waals surface area contributed by atoms with Crippen molar-refractivity contribution >= 4 is 29.0 Å². The van der Waals surface area contributed by atoms with E-state index in [1.165, 1.54) is 0 Å². The van der Waals surface area contributed by atoms with Crippen molar-refractivity contribution in [2.24, 2.45) is 0 Å². The molecule has 0 amide bonds. The number of rotatable bonds is 8. The molecular formula is C34H35ClN2O3. The molecule has 3 aromatic carbocycles. The van der Waals surface area contributed by atoms with Gasteiger partial charge in [-0.15, -0.1) is 0 Å². The fourth-order valence-electron chi connectivity index (χ4n) is 5.88. The summed E-state index contributed by atoms with van der Waals surface area (Å²) in [6.45, 7) is 8.13. The van der Waals surface area contributed by atoms with Crippen molar-refractivity contribution in [2.75, 3.05) is 18.0 Å². The number of carbonyl (C=O) groups excluding carboxylic acids is 2. The van der Waals surface area contributed by atoms with Crippen molar-refractivity contribution < 1.29 is 14.3 Å². The molecule has 5 nitrogen and oxygen atoms in total. The van der Waals surface area contributed by atoms with E-state index in [-0.39, 0.29) is 18.3 Å². The van der Waals surface area contributed by atoms with Crippen molar-refractivity contribution in [3.63, 3.8) is 0 Å². The lowest BCUT2D eigenvalue weighted by molar-refractivity contribution is -0.140. The summed E-state index contributed by atoms with van der Waals surface area (Å²) in [4.78, 5) is 29.8. The molecule has 0 spiro atoms. The third kappa shape index (κ3) is 5.71. The number of dihydropyridines is 1. The first-order valence-corrected chi connectivity index (χ1v) is 14.3. The summed E-state index contributed by atoms with van der Waals surface area (Å²) in [6, 6.07) is 25.6. The highest BCUT2D eigenvalue weighted by Crippen LogP contribution is 2.46. The topological polar surface area (TPSA) is 58.6 Å². The zero-order chi connectivity index (χ0) is 28.2. The van der Waals surface area contributed by atoms with Crippen LogP contribution in [0.15, 0.2) is 101 Å². The van der Waals surface area contributed by atoms with Gasteiger partial charge in [0.25, 0.3) is 0 Å². The number of benzene rings is 3. The Labute approximate surface area is 241 Å². The van der Waals surface area contributed by atoms with Gasteiger partial charge in [0.15, 0.2) is 5.78 Å². The zero-order valence-electron chi connectivity index (χ0n) is 23.2. The van der Waals surface area contributed by atoms with Gasteiger partial charge < -0.3 is 15.0 Å². The lowest BCUT2D eigenvalue weighted by Gasteiger charge is -2.37. The molecule has 5 rings (SSSR count). The number of carbonyl (C=O) groups is 2. The van der Waals surface area contributed by atoms with Crippen molar-refractivity contribution in [2.45, 2.75) is 52.1 Å². The molecule has 0 bridgehead atoms. The number of halogens is 1. The van der Waals surface area contributed by atoms with Gasteiger partial charge in [0.1, 0.15) is 6.61 Å². The number of allylic oxidation sites excluding steroid dienone is 3. The summed E-state index contributed by atoms with van der Waals surface area (Å²) >= 11 is 6.11. The minimum absolute atomic E-state index is 0.0427. The minimum Gasteiger partial charge on any atom is -0.457 e. The van der Waals surface area contributed by atoms with Gasteiger partial charge in [0.2, 0.25) is 0 Å². The predicted octanol–water partition coefficient (Wildman–Crippen LogP) is 7.29. The van der Waals surface area contributed by atoms with E-state index in [4.69, 9.17) is 16.3 Å². The van der Waals surface area contributed by atoms with Crippen LogP contribution in [0.5, 0.6) is 0 Å². The van der Waals surface area contributed by atoms with Crippen LogP contribution in [-0.4, -0.2) is 24.8 Å². The molecule has 1 heterocycles. The van der Waals surface area contributed by atoms with Gasteiger partial charge in [-0.2, -0.15) is 0 Å². The molecule has 0 saturated heterocycles. The van der Waals surface area contributed by atoms with Crippen LogP contribution in [0.25, 0.3) is 0 Å². The van der Waals surface area contributed by atoms with Gasteiger partial charge >= 0.3 is 5.97 Å². The van der Waals surface area contributed by atoms with Crippen LogP contribution in [0.2, 0.25) is 5.02 Å². The molecule has 0 saturated carbocycles. The van der Waals surface area contributed by atoms with Crippen LogP contribution in [-0.2, 0) is 20.9 Å². The quantitative estimate of drug-likeness (QED) is 0.296. The molecule has 1 N–H and O–H groups in total. The summed E-state index contributed by atoms with van der Waals surface area (Å²) in [5.41, 5.74) is 6.78. The first-order valence-electron chi connectivity index (χ1n) is 13.9. The number of ketones is 1. The second kappa shape index (κ2) is 12.1. The average molecular weight is 555 g/mol. The SMILES string of the molecule is CCN(CC)c1ccc(C2C(C(=O)OCc3ccccc3)=C(C)NC3=C2C(=O)CC(c2ccc(Cl)cc2)C3)cc1. The Bertz CT molecular complexity index is 1440. The number of nitrogens with one attached hydrogen (secondary N) is 1. The van der Waals surface area contributed by atoms with E-state index in [1.54, 1.807) is 0 Å². The Hall–Kier alpha value is -3.83. The van der Waals surface area contributed by atoms with Crippen LogP contribution >= 0.6 is 11.6 Å². The summed E-state index contributed by atoms with van der Waals surface area (Å²) in [7, 11) is 0. The largest absolute Gasteiger partial charge is 0.457 e. The van der Waals surface area contributed by atoms with E-state index in [0.29, 0.717) is 29.0 Å². The summed E-state index contributed by atoms with van der Waals surface area (Å²) in [5.74, 6) is -0.816. The molecule has 2 atom stereocenters. The number of nitrogens with zero attached hydrogens (tertiary/aromatic N) is 1. The van der Waals surface area contributed by atoms with E-state index in [0.717, 1.165) is 46.9 Å². The molecule has 0 radical (unpaired) electrons. The Morgan fingerprint density at radius 3 is 2.23 bits per heavy atom. The van der Waals surface area contributed by atoms with Crippen LogP contribution in [0.1, 0.15) is 62.1 Å². The maximum Gasteiger partial charge on any atom is 0.337 e. The van der Waals surface area contributed by atoms with Gasteiger partial charge in [0, 0.05) is 53.1 Å². The Morgan fingerprint density at radius 1 is 0.925 bits per heavy atom. The van der Waals surface area contributed by atoms with E-state index >= 15 is 0 Å².